The quantitative estimate of drug-likeness (QED) is 0.804. The third kappa shape index (κ3) is 3.78. The van der Waals surface area contributed by atoms with Gasteiger partial charge in [-0.25, -0.2) is 0 Å². The Morgan fingerprint density at radius 1 is 1.25 bits per heavy atom. The molecule has 0 aliphatic carbocycles. The molecule has 0 aliphatic rings. The molecule has 0 aliphatic heterocycles. The molecule has 1 aromatic rings. The molecule has 2 nitrogen and oxygen atoms in total. The predicted octanol–water partition coefficient (Wildman–Crippen LogP) is 2.76. The lowest BCUT2D eigenvalue weighted by molar-refractivity contribution is 0.442. The Morgan fingerprint density at radius 2 is 1.94 bits per heavy atom. The molecule has 1 unspecified atom stereocenters. The van der Waals surface area contributed by atoms with Crippen LogP contribution in [0.1, 0.15) is 31.2 Å². The summed E-state index contributed by atoms with van der Waals surface area (Å²) in [5.41, 5.74) is 12.7. The molecule has 4 N–H and O–H groups in total. The molecule has 0 saturated carbocycles. The number of benzene rings is 1. The van der Waals surface area contributed by atoms with Crippen molar-refractivity contribution in [2.24, 2.45) is 17.4 Å². The van der Waals surface area contributed by atoms with Gasteiger partial charge in [-0.05, 0) is 55.5 Å². The van der Waals surface area contributed by atoms with E-state index in [-0.39, 0.29) is 0 Å². The van der Waals surface area contributed by atoms with Crippen molar-refractivity contribution in [1.29, 1.82) is 0 Å². The van der Waals surface area contributed by atoms with Crippen LogP contribution in [0.3, 0.4) is 0 Å². The summed E-state index contributed by atoms with van der Waals surface area (Å²) in [6.07, 6.45) is 2.14. The molecule has 1 atom stereocenters. The summed E-state index contributed by atoms with van der Waals surface area (Å²) in [4.78, 5) is 0. The molecule has 3 heteroatoms. The number of hydrogen-bond acceptors (Lipinski definition) is 2. The van der Waals surface area contributed by atoms with Gasteiger partial charge in [-0.1, -0.05) is 30.7 Å². The molecular weight excluding hydrogens is 220 g/mol. The predicted molar refractivity (Wildman–Crippen MR) is 70.7 cm³/mol. The van der Waals surface area contributed by atoms with Crippen LogP contribution in [0.4, 0.5) is 0 Å². The highest BCUT2D eigenvalue weighted by molar-refractivity contribution is 6.30. The van der Waals surface area contributed by atoms with Crippen molar-refractivity contribution >= 4 is 11.6 Å². The second-order valence-corrected chi connectivity index (χ2v) is 4.67. The van der Waals surface area contributed by atoms with Crippen molar-refractivity contribution in [3.63, 3.8) is 0 Å². The summed E-state index contributed by atoms with van der Waals surface area (Å²) in [6, 6.07) is 8.07. The second kappa shape index (κ2) is 6.89. The molecule has 90 valence electrons. The van der Waals surface area contributed by atoms with Crippen LogP contribution in [0.15, 0.2) is 24.3 Å². The van der Waals surface area contributed by atoms with E-state index >= 15 is 0 Å². The first kappa shape index (κ1) is 13.5. The average molecular weight is 241 g/mol. The Labute approximate surface area is 103 Å². The van der Waals surface area contributed by atoms with E-state index in [1.807, 2.05) is 18.2 Å². The zero-order valence-electron chi connectivity index (χ0n) is 9.83. The minimum absolute atomic E-state index is 0.406. The topological polar surface area (TPSA) is 52.0 Å². The number of nitrogens with two attached hydrogens (primary N) is 2. The Hall–Kier alpha value is -0.570. The van der Waals surface area contributed by atoms with E-state index < -0.39 is 0 Å². The molecule has 1 rings (SSSR count). The van der Waals surface area contributed by atoms with Gasteiger partial charge in [0.25, 0.3) is 0 Å². The number of rotatable bonds is 6. The average Bonchev–Trinajstić information content (AvgIpc) is 2.31. The molecule has 16 heavy (non-hydrogen) atoms. The van der Waals surface area contributed by atoms with Gasteiger partial charge in [0.05, 0.1) is 0 Å². The molecular formula is C13H21ClN2. The fraction of sp³-hybridized carbons (Fsp3) is 0.538. The molecule has 0 spiro atoms. The van der Waals surface area contributed by atoms with Crippen LogP contribution in [-0.2, 0) is 0 Å². The highest BCUT2D eigenvalue weighted by atomic mass is 35.5. The highest BCUT2D eigenvalue weighted by Gasteiger charge is 2.15. The van der Waals surface area contributed by atoms with Crippen LogP contribution >= 0.6 is 11.6 Å². The van der Waals surface area contributed by atoms with E-state index in [9.17, 15) is 0 Å². The lowest BCUT2D eigenvalue weighted by Crippen LogP contribution is -2.25. The Balaban J connectivity index is 2.74. The molecule has 0 amide bonds. The van der Waals surface area contributed by atoms with Crippen LogP contribution < -0.4 is 11.5 Å². The van der Waals surface area contributed by atoms with Crippen molar-refractivity contribution in [3.8, 4) is 0 Å². The van der Waals surface area contributed by atoms with Gasteiger partial charge in [0.1, 0.15) is 0 Å². The maximum Gasteiger partial charge on any atom is 0.0408 e. The van der Waals surface area contributed by atoms with Crippen molar-refractivity contribution < 1.29 is 0 Å². The highest BCUT2D eigenvalue weighted by Crippen LogP contribution is 2.28. The minimum Gasteiger partial charge on any atom is -0.330 e. The van der Waals surface area contributed by atoms with Crippen molar-refractivity contribution in [2.45, 2.75) is 25.7 Å². The van der Waals surface area contributed by atoms with Crippen LogP contribution in [-0.4, -0.2) is 13.1 Å². The first-order valence-electron chi connectivity index (χ1n) is 5.86. The Kier molecular flexibility index (Phi) is 5.81. The maximum absolute atomic E-state index is 6.00. The lowest BCUT2D eigenvalue weighted by atomic mass is 9.87. The van der Waals surface area contributed by atoms with Gasteiger partial charge in [0.15, 0.2) is 0 Å². The minimum atomic E-state index is 0.406. The zero-order valence-corrected chi connectivity index (χ0v) is 10.6. The lowest BCUT2D eigenvalue weighted by Gasteiger charge is -2.21. The van der Waals surface area contributed by atoms with Gasteiger partial charge >= 0.3 is 0 Å². The van der Waals surface area contributed by atoms with Crippen LogP contribution in [0.5, 0.6) is 0 Å². The molecule has 0 fully saturated rings. The first-order chi connectivity index (χ1) is 7.71. The van der Waals surface area contributed by atoms with E-state index in [1.165, 1.54) is 5.56 Å². The van der Waals surface area contributed by atoms with Gasteiger partial charge in [-0.3, -0.25) is 0 Å². The number of halogens is 1. The third-order valence-electron chi connectivity index (χ3n) is 3.10. The summed E-state index contributed by atoms with van der Waals surface area (Å²) in [7, 11) is 0. The SMILES string of the molecule is CCC(CC(CN)CN)c1cccc(Cl)c1. The van der Waals surface area contributed by atoms with Crippen LogP contribution in [0, 0.1) is 5.92 Å². The molecule has 0 heterocycles. The first-order valence-corrected chi connectivity index (χ1v) is 6.24. The van der Waals surface area contributed by atoms with E-state index in [1.54, 1.807) is 0 Å². The molecule has 1 aromatic carbocycles. The fourth-order valence-corrected chi connectivity index (χ4v) is 2.19. The van der Waals surface area contributed by atoms with E-state index in [2.05, 4.69) is 13.0 Å². The van der Waals surface area contributed by atoms with Gasteiger partial charge in [0, 0.05) is 5.02 Å². The van der Waals surface area contributed by atoms with E-state index in [4.69, 9.17) is 23.1 Å². The summed E-state index contributed by atoms with van der Waals surface area (Å²) in [6.45, 7) is 3.51. The number of hydrogen-bond donors (Lipinski definition) is 2. The van der Waals surface area contributed by atoms with Gasteiger partial charge in [-0.15, -0.1) is 0 Å². The Morgan fingerprint density at radius 3 is 2.44 bits per heavy atom. The monoisotopic (exact) mass is 240 g/mol. The summed E-state index contributed by atoms with van der Waals surface area (Å²) < 4.78 is 0. The third-order valence-corrected chi connectivity index (χ3v) is 3.33. The largest absolute Gasteiger partial charge is 0.330 e. The van der Waals surface area contributed by atoms with Crippen LogP contribution in [0.2, 0.25) is 5.02 Å². The smallest absolute Gasteiger partial charge is 0.0408 e. The van der Waals surface area contributed by atoms with Gasteiger partial charge in [0.2, 0.25) is 0 Å². The zero-order chi connectivity index (χ0) is 12.0. The maximum atomic E-state index is 6.00. The molecule has 0 aromatic heterocycles. The summed E-state index contributed by atoms with van der Waals surface area (Å²) in [5, 5.41) is 0.799. The summed E-state index contributed by atoms with van der Waals surface area (Å²) in [5.74, 6) is 0.916. The second-order valence-electron chi connectivity index (χ2n) is 4.23. The Bertz CT molecular complexity index is 311. The van der Waals surface area contributed by atoms with E-state index in [0.717, 1.165) is 17.9 Å². The van der Waals surface area contributed by atoms with Gasteiger partial charge < -0.3 is 11.5 Å². The fourth-order valence-electron chi connectivity index (χ4n) is 1.99. The van der Waals surface area contributed by atoms with E-state index in [0.29, 0.717) is 24.9 Å². The van der Waals surface area contributed by atoms with Crippen molar-refractivity contribution in [2.75, 3.05) is 13.1 Å². The van der Waals surface area contributed by atoms with Crippen molar-refractivity contribution in [1.82, 2.24) is 0 Å². The van der Waals surface area contributed by atoms with Crippen LogP contribution in [0.25, 0.3) is 0 Å². The van der Waals surface area contributed by atoms with Gasteiger partial charge in [-0.2, -0.15) is 0 Å². The normalized spacial score (nSPS) is 13.1. The molecule has 0 saturated heterocycles. The summed E-state index contributed by atoms with van der Waals surface area (Å²) >= 11 is 6.00. The standard InChI is InChI=1S/C13H21ClN2/c1-2-11(6-10(8-15)9-16)12-4-3-5-13(14)7-12/h3-5,7,10-11H,2,6,8-9,15-16H2,1H3. The molecule has 0 radical (unpaired) electrons. The van der Waals surface area contributed by atoms with Crippen molar-refractivity contribution in [3.05, 3.63) is 34.9 Å². The molecule has 0 bridgehead atoms.